The summed E-state index contributed by atoms with van der Waals surface area (Å²) >= 11 is 0. The molecule has 1 fully saturated rings. The van der Waals surface area contributed by atoms with Crippen molar-refractivity contribution in [2.45, 2.75) is 20.0 Å². The van der Waals surface area contributed by atoms with Gasteiger partial charge in [0, 0.05) is 55.4 Å². The van der Waals surface area contributed by atoms with Gasteiger partial charge in [0.15, 0.2) is 11.5 Å². The molecular weight excluding hydrogens is 516 g/mol. The van der Waals surface area contributed by atoms with Crippen LogP contribution in [0.5, 0.6) is 5.75 Å². The van der Waals surface area contributed by atoms with Crippen molar-refractivity contribution in [3.05, 3.63) is 72.2 Å². The number of alkyl halides is 2. The number of halogens is 2. The van der Waals surface area contributed by atoms with Gasteiger partial charge >= 0.3 is 6.61 Å². The molecule has 40 heavy (non-hydrogen) atoms. The molecule has 1 saturated heterocycles. The van der Waals surface area contributed by atoms with Crippen LogP contribution >= 0.6 is 0 Å². The zero-order valence-electron chi connectivity index (χ0n) is 22.6. The van der Waals surface area contributed by atoms with Crippen LogP contribution in [0.2, 0.25) is 0 Å². The first-order valence-corrected chi connectivity index (χ1v) is 13.3. The van der Waals surface area contributed by atoms with Crippen molar-refractivity contribution >= 4 is 23.1 Å². The normalized spacial score (nSPS) is 14.2. The molecule has 1 aliphatic heterocycles. The number of benzene rings is 2. The van der Waals surface area contributed by atoms with Crippen molar-refractivity contribution in [1.29, 1.82) is 0 Å². The van der Waals surface area contributed by atoms with Gasteiger partial charge < -0.3 is 20.3 Å². The van der Waals surface area contributed by atoms with Crippen LogP contribution in [0.1, 0.15) is 22.3 Å². The Balaban J connectivity index is 1.27. The summed E-state index contributed by atoms with van der Waals surface area (Å²) in [6.07, 6.45) is 6.27. The van der Waals surface area contributed by atoms with Gasteiger partial charge in [-0.15, -0.1) is 0 Å². The lowest BCUT2D eigenvalue weighted by molar-refractivity contribution is -0.0498. The molecule has 3 heterocycles. The summed E-state index contributed by atoms with van der Waals surface area (Å²) in [4.78, 5) is 26.6. The predicted molar refractivity (Wildman–Crippen MR) is 150 cm³/mol. The highest BCUT2D eigenvalue weighted by Gasteiger charge is 2.23. The first-order valence-electron chi connectivity index (χ1n) is 13.3. The highest BCUT2D eigenvalue weighted by atomic mass is 19.3. The standard InChI is InChI=1S/C29H33F2N7O2/c1-20-18-22(6-9-24(20)28(39)37-16-14-36(15-17-37)12-3-10-32-2)35-26-27-34-19-25(38(27)13-11-33-26)21-4-7-23(8-5-21)40-29(30)31/h4-9,11,13,18-19,29,32H,3,10,12,14-17H2,1-2H3,(H,33,35). The number of aromatic nitrogens is 3. The smallest absolute Gasteiger partial charge is 0.387 e. The van der Waals surface area contributed by atoms with Crippen molar-refractivity contribution in [2.75, 3.05) is 51.6 Å². The summed E-state index contributed by atoms with van der Waals surface area (Å²) < 4.78 is 31.3. The topological polar surface area (TPSA) is 87.0 Å². The summed E-state index contributed by atoms with van der Waals surface area (Å²) in [5.41, 5.74) is 4.56. The van der Waals surface area contributed by atoms with Crippen LogP contribution in [0.3, 0.4) is 0 Å². The number of carbonyl (C=O) groups is 1. The van der Waals surface area contributed by atoms with E-state index in [9.17, 15) is 13.6 Å². The Kier molecular flexibility index (Phi) is 8.51. The molecule has 0 saturated carbocycles. The molecule has 210 valence electrons. The van der Waals surface area contributed by atoms with Gasteiger partial charge in [-0.1, -0.05) is 0 Å². The molecule has 0 spiro atoms. The summed E-state index contributed by atoms with van der Waals surface area (Å²) in [5, 5.41) is 6.50. The molecule has 0 unspecified atom stereocenters. The maximum absolute atomic E-state index is 13.2. The van der Waals surface area contributed by atoms with E-state index in [4.69, 9.17) is 0 Å². The van der Waals surface area contributed by atoms with E-state index in [1.54, 1.807) is 30.7 Å². The quantitative estimate of drug-likeness (QED) is 0.283. The van der Waals surface area contributed by atoms with Crippen LogP contribution in [0.4, 0.5) is 20.3 Å². The molecule has 1 amide bonds. The summed E-state index contributed by atoms with van der Waals surface area (Å²) in [7, 11) is 1.96. The Morgan fingerprint density at radius 1 is 1.07 bits per heavy atom. The number of aryl methyl sites for hydroxylation is 1. The minimum atomic E-state index is -2.87. The fourth-order valence-corrected chi connectivity index (χ4v) is 4.97. The highest BCUT2D eigenvalue weighted by molar-refractivity contribution is 5.96. The molecule has 0 atom stereocenters. The molecule has 0 radical (unpaired) electrons. The number of piperazine rings is 1. The lowest BCUT2D eigenvalue weighted by Gasteiger charge is -2.35. The van der Waals surface area contributed by atoms with Crippen molar-refractivity contribution in [3.63, 3.8) is 0 Å². The molecule has 2 aromatic carbocycles. The number of anilines is 2. The lowest BCUT2D eigenvalue weighted by Crippen LogP contribution is -2.49. The number of nitrogens with one attached hydrogen (secondary N) is 2. The average Bonchev–Trinajstić information content (AvgIpc) is 3.39. The highest BCUT2D eigenvalue weighted by Crippen LogP contribution is 2.28. The van der Waals surface area contributed by atoms with Gasteiger partial charge in [0.1, 0.15) is 5.75 Å². The van der Waals surface area contributed by atoms with Gasteiger partial charge in [-0.3, -0.25) is 14.1 Å². The number of amides is 1. The van der Waals surface area contributed by atoms with Crippen molar-refractivity contribution in [1.82, 2.24) is 29.5 Å². The number of ether oxygens (including phenoxy) is 1. The number of rotatable bonds is 10. The monoisotopic (exact) mass is 549 g/mol. The molecule has 1 aliphatic rings. The zero-order chi connectivity index (χ0) is 28.1. The molecule has 5 rings (SSSR count). The Bertz CT molecular complexity index is 1450. The number of hydrogen-bond acceptors (Lipinski definition) is 7. The van der Waals surface area contributed by atoms with Crippen LogP contribution in [-0.2, 0) is 0 Å². The fourth-order valence-electron chi connectivity index (χ4n) is 4.97. The minimum absolute atomic E-state index is 0.0574. The van der Waals surface area contributed by atoms with Gasteiger partial charge in [0.2, 0.25) is 0 Å². The SMILES string of the molecule is CNCCCN1CCN(C(=O)c2ccc(Nc3nccn4c(-c5ccc(OC(F)F)cc5)cnc34)cc2C)CC1. The maximum Gasteiger partial charge on any atom is 0.387 e. The molecule has 4 aromatic rings. The molecule has 2 N–H and O–H groups in total. The van der Waals surface area contributed by atoms with E-state index in [0.29, 0.717) is 17.0 Å². The number of carbonyl (C=O) groups excluding carboxylic acids is 1. The second-order valence-corrected chi connectivity index (χ2v) is 9.76. The number of hydrogen-bond donors (Lipinski definition) is 2. The molecule has 0 bridgehead atoms. The van der Waals surface area contributed by atoms with Gasteiger partial charge in [-0.25, -0.2) is 9.97 Å². The number of nitrogens with zero attached hydrogens (tertiary/aromatic N) is 5. The number of imidazole rings is 1. The van der Waals surface area contributed by atoms with Crippen molar-refractivity contribution in [2.24, 2.45) is 0 Å². The van der Waals surface area contributed by atoms with E-state index < -0.39 is 6.61 Å². The minimum Gasteiger partial charge on any atom is -0.435 e. The van der Waals surface area contributed by atoms with E-state index in [-0.39, 0.29) is 11.7 Å². The summed E-state index contributed by atoms with van der Waals surface area (Å²) in [6, 6.07) is 12.1. The van der Waals surface area contributed by atoms with Crippen LogP contribution in [0.15, 0.2) is 61.1 Å². The van der Waals surface area contributed by atoms with Crippen LogP contribution < -0.4 is 15.4 Å². The second-order valence-electron chi connectivity index (χ2n) is 9.76. The summed E-state index contributed by atoms with van der Waals surface area (Å²) in [6.45, 7) is 4.36. The van der Waals surface area contributed by atoms with Gasteiger partial charge in [-0.2, -0.15) is 8.78 Å². The number of fused-ring (bicyclic) bond motifs is 1. The first kappa shape index (κ1) is 27.5. The van der Waals surface area contributed by atoms with E-state index in [1.165, 1.54) is 12.1 Å². The predicted octanol–water partition coefficient (Wildman–Crippen LogP) is 4.42. The molecule has 2 aromatic heterocycles. The largest absolute Gasteiger partial charge is 0.435 e. The third kappa shape index (κ3) is 6.21. The van der Waals surface area contributed by atoms with E-state index in [0.717, 1.165) is 68.2 Å². The lowest BCUT2D eigenvalue weighted by atomic mass is 10.1. The van der Waals surface area contributed by atoms with E-state index in [2.05, 4.69) is 30.2 Å². The molecule has 9 nitrogen and oxygen atoms in total. The Morgan fingerprint density at radius 3 is 2.55 bits per heavy atom. The molecule has 11 heteroatoms. The Labute approximate surface area is 231 Å². The van der Waals surface area contributed by atoms with E-state index >= 15 is 0 Å². The Morgan fingerprint density at radius 2 is 1.85 bits per heavy atom. The van der Waals surface area contributed by atoms with Crippen molar-refractivity contribution < 1.29 is 18.3 Å². The van der Waals surface area contributed by atoms with Crippen LogP contribution in [0, 0.1) is 6.92 Å². The third-order valence-corrected chi connectivity index (χ3v) is 7.08. The van der Waals surface area contributed by atoms with Crippen LogP contribution in [-0.4, -0.2) is 83.0 Å². The van der Waals surface area contributed by atoms with Gasteiger partial charge in [-0.05, 0) is 81.5 Å². The van der Waals surface area contributed by atoms with Gasteiger partial charge in [0.05, 0.1) is 11.9 Å². The van der Waals surface area contributed by atoms with Crippen LogP contribution in [0.25, 0.3) is 16.9 Å². The first-order chi connectivity index (χ1) is 19.4. The average molecular weight is 550 g/mol. The Hall–Kier alpha value is -4.09. The maximum atomic E-state index is 13.2. The fraction of sp³-hybridized carbons (Fsp3) is 0.345. The zero-order valence-corrected chi connectivity index (χ0v) is 22.6. The second kappa shape index (κ2) is 12.4. The van der Waals surface area contributed by atoms with E-state index in [1.807, 2.05) is 41.5 Å². The van der Waals surface area contributed by atoms with Gasteiger partial charge in [0.25, 0.3) is 5.91 Å². The third-order valence-electron chi connectivity index (χ3n) is 7.08. The molecule has 0 aliphatic carbocycles. The van der Waals surface area contributed by atoms with Crippen molar-refractivity contribution in [3.8, 4) is 17.0 Å². The summed E-state index contributed by atoms with van der Waals surface area (Å²) in [5.74, 6) is 0.706. The molecular formula is C29H33F2N7O2.